The molecule has 21 heavy (non-hydrogen) atoms. The van der Waals surface area contributed by atoms with Gasteiger partial charge in [-0.2, -0.15) is 0 Å². The normalized spacial score (nSPS) is 26.0. The van der Waals surface area contributed by atoms with E-state index in [2.05, 4.69) is 19.2 Å². The molecule has 1 aromatic rings. The molecule has 4 nitrogen and oxygen atoms in total. The maximum absolute atomic E-state index is 10.7. The molecule has 0 bridgehead atoms. The van der Waals surface area contributed by atoms with Crippen LogP contribution in [0, 0.1) is 22.0 Å². The van der Waals surface area contributed by atoms with Crippen LogP contribution in [0.5, 0.6) is 0 Å². The molecule has 3 unspecified atom stereocenters. The van der Waals surface area contributed by atoms with Crippen molar-refractivity contribution in [1.29, 1.82) is 0 Å². The number of hydrogen-bond acceptors (Lipinski definition) is 4. The Hall–Kier alpha value is -1.07. The van der Waals surface area contributed by atoms with Crippen molar-refractivity contribution in [2.24, 2.45) is 11.8 Å². The summed E-state index contributed by atoms with van der Waals surface area (Å²) in [5, 5.41) is 14.7. The average molecular weight is 308 g/mol. The zero-order valence-electron chi connectivity index (χ0n) is 12.9. The van der Waals surface area contributed by atoms with E-state index in [-0.39, 0.29) is 10.6 Å². The van der Waals surface area contributed by atoms with E-state index in [1.165, 1.54) is 19.3 Å². The lowest BCUT2D eigenvalue weighted by atomic mass is 9.79. The number of nitrogens with one attached hydrogen (secondary N) is 1. The number of nitrogens with zero attached hydrogens (tertiary/aromatic N) is 1. The van der Waals surface area contributed by atoms with Gasteiger partial charge in [0.1, 0.15) is 0 Å². The summed E-state index contributed by atoms with van der Waals surface area (Å²) in [7, 11) is 2.03. The Morgan fingerprint density at radius 1 is 1.29 bits per heavy atom. The highest BCUT2D eigenvalue weighted by Crippen LogP contribution is 2.39. The number of benzene rings is 1. The fraction of sp³-hybridized carbons (Fsp3) is 0.625. The summed E-state index contributed by atoms with van der Waals surface area (Å²) in [5.41, 5.74) is 0.160. The molecule has 1 aliphatic carbocycles. The quantitative estimate of drug-likeness (QED) is 0.657. The first-order valence-corrected chi connectivity index (χ1v) is 8.47. The van der Waals surface area contributed by atoms with E-state index in [9.17, 15) is 10.1 Å². The Kier molecular flexibility index (Phi) is 5.65. The largest absolute Gasteiger partial charge is 0.316 e. The lowest BCUT2D eigenvalue weighted by Crippen LogP contribution is -2.41. The Morgan fingerprint density at radius 3 is 2.48 bits per heavy atom. The van der Waals surface area contributed by atoms with Crippen molar-refractivity contribution in [1.82, 2.24) is 5.32 Å². The minimum atomic E-state index is -0.347. The molecule has 1 aromatic carbocycles. The first kappa shape index (κ1) is 16.3. The van der Waals surface area contributed by atoms with Crippen molar-refractivity contribution in [2.75, 3.05) is 7.05 Å². The molecular formula is C16H24N2O2S. The molecule has 0 heterocycles. The van der Waals surface area contributed by atoms with Crippen molar-refractivity contribution in [2.45, 2.75) is 49.3 Å². The summed E-state index contributed by atoms with van der Waals surface area (Å²) in [6, 6.07) is 7.46. The summed E-state index contributed by atoms with van der Waals surface area (Å²) in [5.74, 6) is 1.51. The molecule has 1 saturated carbocycles. The molecule has 0 saturated heterocycles. The number of rotatable bonds is 5. The molecular weight excluding hydrogens is 284 g/mol. The smallest absolute Gasteiger partial charge is 0.269 e. The van der Waals surface area contributed by atoms with Crippen LogP contribution in [0.15, 0.2) is 29.2 Å². The van der Waals surface area contributed by atoms with Gasteiger partial charge in [0.15, 0.2) is 0 Å². The van der Waals surface area contributed by atoms with Gasteiger partial charge in [-0.25, -0.2) is 0 Å². The highest BCUT2D eigenvalue weighted by molar-refractivity contribution is 8.00. The molecule has 1 fully saturated rings. The van der Waals surface area contributed by atoms with E-state index < -0.39 is 0 Å². The first-order valence-electron chi connectivity index (χ1n) is 7.59. The predicted octanol–water partition coefficient (Wildman–Crippen LogP) is 4.10. The number of non-ortho nitro benzene ring substituents is 1. The first-order chi connectivity index (χ1) is 10.0. The molecule has 0 spiro atoms. The van der Waals surface area contributed by atoms with Gasteiger partial charge in [-0.15, -0.1) is 11.8 Å². The van der Waals surface area contributed by atoms with Gasteiger partial charge in [0.2, 0.25) is 0 Å². The van der Waals surface area contributed by atoms with Gasteiger partial charge < -0.3 is 5.32 Å². The maximum Gasteiger partial charge on any atom is 0.269 e. The topological polar surface area (TPSA) is 55.2 Å². The fourth-order valence-corrected chi connectivity index (χ4v) is 4.47. The van der Waals surface area contributed by atoms with Gasteiger partial charge >= 0.3 is 0 Å². The third-order valence-electron chi connectivity index (χ3n) is 4.48. The van der Waals surface area contributed by atoms with Gasteiger partial charge in [-0.05, 0) is 50.3 Å². The maximum atomic E-state index is 10.7. The van der Waals surface area contributed by atoms with Crippen molar-refractivity contribution in [3.05, 3.63) is 34.4 Å². The minimum Gasteiger partial charge on any atom is -0.316 e. The third-order valence-corrected chi connectivity index (χ3v) is 5.85. The van der Waals surface area contributed by atoms with Crippen LogP contribution >= 0.6 is 11.8 Å². The van der Waals surface area contributed by atoms with Crippen molar-refractivity contribution in [3.63, 3.8) is 0 Å². The zero-order valence-corrected chi connectivity index (χ0v) is 13.7. The standard InChI is InChI=1S/C16H24N2O2S/c1-11(2)12-4-9-15(17-3)16(10-12)21-14-7-5-13(6-8-14)18(19)20/h5-8,11-12,15-17H,4,9-10H2,1-3H3. The summed E-state index contributed by atoms with van der Waals surface area (Å²) >= 11 is 1.85. The highest BCUT2D eigenvalue weighted by Gasteiger charge is 2.31. The third kappa shape index (κ3) is 4.20. The van der Waals surface area contributed by atoms with E-state index in [4.69, 9.17) is 0 Å². The summed E-state index contributed by atoms with van der Waals surface area (Å²) in [6.07, 6.45) is 3.72. The van der Waals surface area contributed by atoms with E-state index >= 15 is 0 Å². The van der Waals surface area contributed by atoms with Crippen LogP contribution in [0.2, 0.25) is 0 Å². The van der Waals surface area contributed by atoms with Crippen LogP contribution in [-0.4, -0.2) is 23.3 Å². The van der Waals surface area contributed by atoms with Crippen LogP contribution in [0.1, 0.15) is 33.1 Å². The van der Waals surface area contributed by atoms with Crippen LogP contribution in [0.3, 0.4) is 0 Å². The molecule has 3 atom stereocenters. The van der Waals surface area contributed by atoms with Gasteiger partial charge in [0.25, 0.3) is 5.69 Å². The molecule has 0 radical (unpaired) electrons. The summed E-state index contributed by atoms with van der Waals surface area (Å²) < 4.78 is 0. The number of nitro groups is 1. The van der Waals surface area contributed by atoms with Crippen LogP contribution in [0.4, 0.5) is 5.69 Å². The van der Waals surface area contributed by atoms with Crippen molar-refractivity contribution >= 4 is 17.4 Å². The molecule has 0 aliphatic heterocycles. The summed E-state index contributed by atoms with van der Waals surface area (Å²) in [6.45, 7) is 4.61. The van der Waals surface area contributed by atoms with Gasteiger partial charge in [-0.3, -0.25) is 10.1 Å². The fourth-order valence-electron chi connectivity index (χ4n) is 3.05. The van der Waals surface area contributed by atoms with Gasteiger partial charge in [0.05, 0.1) is 4.92 Å². The number of thioether (sulfide) groups is 1. The molecule has 1 N–H and O–H groups in total. The van der Waals surface area contributed by atoms with Gasteiger partial charge in [0, 0.05) is 28.3 Å². The SMILES string of the molecule is CNC1CCC(C(C)C)CC1Sc1ccc([N+](=O)[O-])cc1. The van der Waals surface area contributed by atoms with E-state index in [0.29, 0.717) is 11.3 Å². The van der Waals surface area contributed by atoms with Crippen LogP contribution in [-0.2, 0) is 0 Å². The van der Waals surface area contributed by atoms with E-state index in [1.54, 1.807) is 12.1 Å². The second-order valence-electron chi connectivity index (χ2n) is 6.12. The number of nitro benzene ring substituents is 1. The Balaban J connectivity index is 2.05. The second-order valence-corrected chi connectivity index (χ2v) is 7.43. The van der Waals surface area contributed by atoms with Crippen LogP contribution < -0.4 is 5.32 Å². The zero-order chi connectivity index (χ0) is 15.4. The van der Waals surface area contributed by atoms with Crippen molar-refractivity contribution in [3.8, 4) is 0 Å². The Labute approximate surface area is 130 Å². The Morgan fingerprint density at radius 2 is 1.95 bits per heavy atom. The van der Waals surface area contributed by atoms with E-state index in [1.807, 2.05) is 30.9 Å². The predicted molar refractivity (Wildman–Crippen MR) is 87.8 cm³/mol. The monoisotopic (exact) mass is 308 g/mol. The minimum absolute atomic E-state index is 0.160. The molecule has 0 amide bonds. The summed E-state index contributed by atoms with van der Waals surface area (Å²) in [4.78, 5) is 11.5. The van der Waals surface area contributed by atoms with E-state index in [0.717, 1.165) is 16.7 Å². The molecule has 0 aromatic heterocycles. The van der Waals surface area contributed by atoms with Crippen LogP contribution in [0.25, 0.3) is 0 Å². The molecule has 2 rings (SSSR count). The Bertz CT molecular complexity index is 476. The van der Waals surface area contributed by atoms with Crippen molar-refractivity contribution < 1.29 is 4.92 Å². The lowest BCUT2D eigenvalue weighted by molar-refractivity contribution is -0.384. The molecule has 5 heteroatoms. The second kappa shape index (κ2) is 7.27. The lowest BCUT2D eigenvalue weighted by Gasteiger charge is -2.37. The molecule has 1 aliphatic rings. The average Bonchev–Trinajstić information content (AvgIpc) is 2.47. The molecule has 116 valence electrons. The number of hydrogen-bond donors (Lipinski definition) is 1. The highest BCUT2D eigenvalue weighted by atomic mass is 32.2. The van der Waals surface area contributed by atoms with Gasteiger partial charge in [-0.1, -0.05) is 13.8 Å².